The molecule has 0 atom stereocenters. The second-order valence-corrected chi connectivity index (χ2v) is 7.73. The smallest absolute Gasteiger partial charge is 0.250 e. The van der Waals surface area contributed by atoms with Crippen LogP contribution < -0.4 is 5.43 Å². The van der Waals surface area contributed by atoms with Crippen molar-refractivity contribution in [2.24, 2.45) is 5.10 Å². The molecule has 4 aromatic rings. The van der Waals surface area contributed by atoms with Crippen molar-refractivity contribution < 1.29 is 4.79 Å². The van der Waals surface area contributed by atoms with Crippen molar-refractivity contribution in [3.05, 3.63) is 89.7 Å². The molecule has 2 aromatic heterocycles. The van der Waals surface area contributed by atoms with E-state index in [-0.39, 0.29) is 11.7 Å². The highest BCUT2D eigenvalue weighted by molar-refractivity contribution is 7.99. The van der Waals surface area contributed by atoms with E-state index in [0.29, 0.717) is 16.0 Å². The average Bonchev–Trinajstić information content (AvgIpc) is 3.23. The van der Waals surface area contributed by atoms with E-state index in [1.807, 2.05) is 53.1 Å². The number of hydrazone groups is 1. The topological polar surface area (TPSA) is 85.1 Å². The quantitative estimate of drug-likeness (QED) is 0.260. The summed E-state index contributed by atoms with van der Waals surface area (Å²) < 4.78 is 1.91. The number of carbonyl (C=O) groups excluding carboxylic acids is 1. The molecule has 2 aromatic carbocycles. The summed E-state index contributed by atoms with van der Waals surface area (Å²) in [5, 5.41) is 13.9. The molecule has 1 N–H and O–H groups in total. The van der Waals surface area contributed by atoms with Gasteiger partial charge in [0.05, 0.1) is 12.0 Å². The van der Waals surface area contributed by atoms with E-state index in [1.54, 1.807) is 36.8 Å². The Morgan fingerprint density at radius 1 is 1.06 bits per heavy atom. The zero-order valence-corrected chi connectivity index (χ0v) is 17.8. The molecule has 0 aliphatic heterocycles. The minimum atomic E-state index is -0.253. The van der Waals surface area contributed by atoms with Crippen molar-refractivity contribution in [1.29, 1.82) is 0 Å². The van der Waals surface area contributed by atoms with Gasteiger partial charge in [0.2, 0.25) is 0 Å². The Kier molecular flexibility index (Phi) is 6.71. The molecule has 0 aliphatic rings. The number of hydrogen-bond donors (Lipinski definition) is 1. The van der Waals surface area contributed by atoms with Crippen LogP contribution in [0, 0.1) is 0 Å². The van der Waals surface area contributed by atoms with E-state index >= 15 is 0 Å². The molecule has 0 bridgehead atoms. The lowest BCUT2D eigenvalue weighted by atomic mass is 10.2. The summed E-state index contributed by atoms with van der Waals surface area (Å²) in [5.74, 6) is 0.558. The average molecular weight is 449 g/mol. The summed E-state index contributed by atoms with van der Waals surface area (Å²) in [5.41, 5.74) is 5.08. The summed E-state index contributed by atoms with van der Waals surface area (Å²) in [4.78, 5) is 16.2. The number of aromatic nitrogens is 4. The van der Waals surface area contributed by atoms with Gasteiger partial charge in [0.25, 0.3) is 5.91 Å². The minimum absolute atomic E-state index is 0.130. The van der Waals surface area contributed by atoms with Gasteiger partial charge < -0.3 is 0 Å². The van der Waals surface area contributed by atoms with E-state index in [4.69, 9.17) is 11.6 Å². The zero-order chi connectivity index (χ0) is 21.5. The molecular formula is C22H17ClN6OS. The standard InChI is InChI=1S/C22H17ClN6OS/c23-18-8-10-19(11-9-18)29-21(17-6-2-1-3-7-17)27-28-22(29)31-15-20(30)26-25-14-16-5-4-12-24-13-16/h1-14H,15H2,(H,26,30)/b25-14+. The summed E-state index contributed by atoms with van der Waals surface area (Å²) >= 11 is 7.32. The first-order valence-corrected chi connectivity index (χ1v) is 10.7. The highest BCUT2D eigenvalue weighted by Gasteiger charge is 2.17. The molecule has 9 heteroatoms. The third-order valence-electron chi connectivity index (χ3n) is 4.17. The van der Waals surface area contributed by atoms with Crippen LogP contribution in [0.15, 0.2) is 89.4 Å². The molecule has 0 radical (unpaired) electrons. The Balaban J connectivity index is 1.51. The van der Waals surface area contributed by atoms with E-state index in [1.165, 1.54) is 11.8 Å². The van der Waals surface area contributed by atoms with Crippen LogP contribution >= 0.6 is 23.4 Å². The van der Waals surface area contributed by atoms with Crippen LogP contribution in [-0.2, 0) is 4.79 Å². The van der Waals surface area contributed by atoms with Gasteiger partial charge in [-0.05, 0) is 30.3 Å². The monoisotopic (exact) mass is 448 g/mol. The Morgan fingerprint density at radius 3 is 2.61 bits per heavy atom. The van der Waals surface area contributed by atoms with Crippen molar-refractivity contribution in [2.75, 3.05) is 5.75 Å². The van der Waals surface area contributed by atoms with Crippen molar-refractivity contribution in [1.82, 2.24) is 25.2 Å². The van der Waals surface area contributed by atoms with E-state index in [0.717, 1.165) is 16.8 Å². The fraction of sp³-hybridized carbons (Fsp3) is 0.0455. The van der Waals surface area contributed by atoms with Gasteiger partial charge in [-0.1, -0.05) is 59.8 Å². The second kappa shape index (κ2) is 10.0. The van der Waals surface area contributed by atoms with Gasteiger partial charge in [-0.15, -0.1) is 10.2 Å². The van der Waals surface area contributed by atoms with E-state index in [9.17, 15) is 4.79 Å². The first kappa shape index (κ1) is 20.8. The molecule has 0 fully saturated rings. The molecule has 1 amide bonds. The Morgan fingerprint density at radius 2 is 1.87 bits per heavy atom. The number of pyridine rings is 1. The van der Waals surface area contributed by atoms with Gasteiger partial charge in [0.15, 0.2) is 11.0 Å². The van der Waals surface area contributed by atoms with Crippen LogP contribution in [0.25, 0.3) is 17.1 Å². The summed E-state index contributed by atoms with van der Waals surface area (Å²) in [6, 6.07) is 20.8. The summed E-state index contributed by atoms with van der Waals surface area (Å²) in [6.45, 7) is 0. The van der Waals surface area contributed by atoms with Gasteiger partial charge in [-0.3, -0.25) is 14.3 Å². The van der Waals surface area contributed by atoms with Crippen LogP contribution in [0.1, 0.15) is 5.56 Å². The number of amides is 1. The lowest BCUT2D eigenvalue weighted by Gasteiger charge is -2.10. The minimum Gasteiger partial charge on any atom is -0.272 e. The molecule has 2 heterocycles. The van der Waals surface area contributed by atoms with E-state index in [2.05, 4.69) is 25.7 Å². The highest BCUT2D eigenvalue weighted by atomic mass is 35.5. The van der Waals surface area contributed by atoms with Crippen LogP contribution in [0.4, 0.5) is 0 Å². The first-order valence-electron chi connectivity index (χ1n) is 9.32. The predicted octanol–water partition coefficient (Wildman–Crippen LogP) is 4.23. The maximum Gasteiger partial charge on any atom is 0.250 e. The molecule has 0 unspecified atom stereocenters. The van der Waals surface area contributed by atoms with Crippen LogP contribution in [0.3, 0.4) is 0 Å². The SMILES string of the molecule is O=C(CSc1nnc(-c2ccccc2)n1-c1ccc(Cl)cc1)N/N=C/c1cccnc1. The van der Waals surface area contributed by atoms with Crippen LogP contribution in [0.2, 0.25) is 5.02 Å². The number of rotatable bonds is 7. The molecule has 0 spiro atoms. The Bertz CT molecular complexity index is 1180. The third kappa shape index (κ3) is 5.36. The van der Waals surface area contributed by atoms with Gasteiger partial charge in [0, 0.05) is 34.2 Å². The zero-order valence-electron chi connectivity index (χ0n) is 16.2. The lowest BCUT2D eigenvalue weighted by Crippen LogP contribution is -2.20. The van der Waals surface area contributed by atoms with E-state index < -0.39 is 0 Å². The van der Waals surface area contributed by atoms with Gasteiger partial charge in [-0.25, -0.2) is 5.43 Å². The Hall–Kier alpha value is -3.49. The maximum absolute atomic E-state index is 12.2. The van der Waals surface area contributed by atoms with Crippen molar-refractivity contribution >= 4 is 35.5 Å². The molecular weight excluding hydrogens is 432 g/mol. The maximum atomic E-state index is 12.2. The van der Waals surface area contributed by atoms with Crippen molar-refractivity contribution in [2.45, 2.75) is 5.16 Å². The summed E-state index contributed by atoms with van der Waals surface area (Å²) in [7, 11) is 0. The van der Waals surface area contributed by atoms with Crippen molar-refractivity contribution in [3.8, 4) is 17.1 Å². The van der Waals surface area contributed by atoms with Crippen LogP contribution in [-0.4, -0.2) is 37.6 Å². The molecule has 0 aliphatic carbocycles. The number of carbonyl (C=O) groups is 1. The van der Waals surface area contributed by atoms with Gasteiger partial charge in [0.1, 0.15) is 0 Å². The normalized spacial score (nSPS) is 11.0. The fourth-order valence-corrected chi connectivity index (χ4v) is 3.62. The molecule has 7 nitrogen and oxygen atoms in total. The lowest BCUT2D eigenvalue weighted by molar-refractivity contribution is -0.118. The summed E-state index contributed by atoms with van der Waals surface area (Å²) in [6.07, 6.45) is 4.87. The molecule has 0 saturated heterocycles. The van der Waals surface area contributed by atoms with Gasteiger partial charge >= 0.3 is 0 Å². The van der Waals surface area contributed by atoms with Crippen molar-refractivity contribution in [3.63, 3.8) is 0 Å². The molecule has 154 valence electrons. The fourth-order valence-electron chi connectivity index (χ4n) is 2.75. The number of benzene rings is 2. The second-order valence-electron chi connectivity index (χ2n) is 6.35. The largest absolute Gasteiger partial charge is 0.272 e. The highest BCUT2D eigenvalue weighted by Crippen LogP contribution is 2.28. The Labute approximate surface area is 188 Å². The molecule has 31 heavy (non-hydrogen) atoms. The third-order valence-corrected chi connectivity index (χ3v) is 5.35. The number of nitrogens with zero attached hydrogens (tertiary/aromatic N) is 5. The van der Waals surface area contributed by atoms with Gasteiger partial charge in [-0.2, -0.15) is 5.10 Å². The first-order chi connectivity index (χ1) is 15.2. The number of nitrogens with one attached hydrogen (secondary N) is 1. The molecule has 0 saturated carbocycles. The predicted molar refractivity (Wildman–Crippen MR) is 123 cm³/mol. The number of thioether (sulfide) groups is 1. The number of halogens is 1. The number of hydrogen-bond acceptors (Lipinski definition) is 6. The van der Waals surface area contributed by atoms with Crippen LogP contribution in [0.5, 0.6) is 0 Å². The molecule has 4 rings (SSSR count).